The molecule has 0 atom stereocenters. The highest BCUT2D eigenvalue weighted by Crippen LogP contribution is 2.23. The monoisotopic (exact) mass is 501 g/mol. The normalized spacial score (nSPS) is 11.7. The van der Waals surface area contributed by atoms with Gasteiger partial charge in [0.15, 0.2) is 0 Å². The Labute approximate surface area is 202 Å². The number of sulfonamides is 1. The molecule has 1 aromatic heterocycles. The molecule has 1 heterocycles. The summed E-state index contributed by atoms with van der Waals surface area (Å²) < 4.78 is 30.5. The second kappa shape index (κ2) is 10.1. The number of para-hydroxylation sites is 1. The first kappa shape index (κ1) is 23.5. The van der Waals surface area contributed by atoms with Gasteiger partial charge in [0.25, 0.3) is 0 Å². The number of aromatic nitrogens is 1. The molecule has 0 radical (unpaired) electrons. The highest BCUT2D eigenvalue weighted by atomic mass is 35.5. The van der Waals surface area contributed by atoms with Crippen LogP contribution in [0.25, 0.3) is 10.2 Å². The number of hydrogen-bond acceptors (Lipinski definition) is 5. The lowest BCUT2D eigenvalue weighted by molar-refractivity contribution is 0.579. The molecule has 0 spiro atoms. The zero-order valence-corrected chi connectivity index (χ0v) is 20.5. The number of hydrogen-bond donors (Lipinski definition) is 1. The Morgan fingerprint density at radius 1 is 1.03 bits per heavy atom. The number of halogens is 1. The summed E-state index contributed by atoms with van der Waals surface area (Å²) in [6, 6.07) is 22.1. The van der Waals surface area contributed by atoms with E-state index in [1.807, 2.05) is 49.5 Å². The Kier molecular flexibility index (Phi) is 7.19. The van der Waals surface area contributed by atoms with E-state index in [-0.39, 0.29) is 9.77 Å². The molecule has 9 heteroatoms. The first-order chi connectivity index (χ1) is 15.8. The summed E-state index contributed by atoms with van der Waals surface area (Å²) in [7, 11) is -1.69. The van der Waals surface area contributed by atoms with Gasteiger partial charge in [0.1, 0.15) is 0 Å². The fourth-order valence-corrected chi connectivity index (χ4v) is 5.78. The Hall–Kier alpha value is -2.65. The van der Waals surface area contributed by atoms with Crippen LogP contribution in [-0.2, 0) is 16.6 Å². The number of benzene rings is 3. The average Bonchev–Trinajstić information content (AvgIpc) is 3.13. The van der Waals surface area contributed by atoms with Gasteiger partial charge in [0.05, 0.1) is 21.7 Å². The molecule has 0 aliphatic heterocycles. The molecule has 0 unspecified atom stereocenters. The van der Waals surface area contributed by atoms with Crippen LogP contribution in [0.3, 0.4) is 0 Å². The minimum Gasteiger partial charge on any atom is -0.375 e. The van der Waals surface area contributed by atoms with E-state index < -0.39 is 10.0 Å². The fourth-order valence-electron chi connectivity index (χ4n) is 3.55. The van der Waals surface area contributed by atoms with E-state index in [1.54, 1.807) is 34.9 Å². The van der Waals surface area contributed by atoms with Gasteiger partial charge in [-0.3, -0.25) is 9.36 Å². The van der Waals surface area contributed by atoms with Gasteiger partial charge in [-0.1, -0.05) is 53.3 Å². The lowest BCUT2D eigenvalue weighted by atomic mass is 10.2. The van der Waals surface area contributed by atoms with Crippen molar-refractivity contribution in [2.24, 2.45) is 0 Å². The maximum atomic E-state index is 12.8. The third kappa shape index (κ3) is 5.65. The smallest absolute Gasteiger partial charge is 0.308 e. The summed E-state index contributed by atoms with van der Waals surface area (Å²) in [6.45, 7) is 1.45. The first-order valence-corrected chi connectivity index (χ1v) is 13.1. The molecule has 0 bridgehead atoms. The minimum atomic E-state index is -3.67. The van der Waals surface area contributed by atoms with Gasteiger partial charge in [-0.05, 0) is 54.4 Å². The van der Waals surface area contributed by atoms with Gasteiger partial charge in [-0.2, -0.15) is 0 Å². The van der Waals surface area contributed by atoms with E-state index in [0.717, 1.165) is 29.1 Å². The summed E-state index contributed by atoms with van der Waals surface area (Å²) in [6.07, 6.45) is 0.664. The van der Waals surface area contributed by atoms with Crippen molar-refractivity contribution in [3.8, 4) is 0 Å². The van der Waals surface area contributed by atoms with Crippen molar-refractivity contribution in [2.45, 2.75) is 17.9 Å². The molecule has 4 aromatic rings. The van der Waals surface area contributed by atoms with Crippen LogP contribution in [0, 0.1) is 0 Å². The van der Waals surface area contributed by atoms with E-state index in [4.69, 9.17) is 11.6 Å². The summed E-state index contributed by atoms with van der Waals surface area (Å²) in [5.74, 6) is 0. The van der Waals surface area contributed by atoms with Crippen molar-refractivity contribution >= 4 is 48.9 Å². The second-order valence-corrected chi connectivity index (χ2v) is 10.9. The van der Waals surface area contributed by atoms with Gasteiger partial charge >= 0.3 is 4.87 Å². The van der Waals surface area contributed by atoms with Gasteiger partial charge in [-0.25, -0.2) is 13.1 Å². The predicted octanol–water partition coefficient (Wildman–Crippen LogP) is 4.57. The van der Waals surface area contributed by atoms with Crippen molar-refractivity contribution in [1.29, 1.82) is 0 Å². The molecule has 0 fully saturated rings. The zero-order chi connectivity index (χ0) is 23.4. The van der Waals surface area contributed by atoms with Crippen LogP contribution in [-0.4, -0.2) is 33.1 Å². The molecule has 1 N–H and O–H groups in total. The molecule has 0 aliphatic rings. The maximum absolute atomic E-state index is 12.8. The topological polar surface area (TPSA) is 71.4 Å². The molecular weight excluding hydrogens is 478 g/mol. The van der Waals surface area contributed by atoms with Crippen molar-refractivity contribution < 1.29 is 8.42 Å². The van der Waals surface area contributed by atoms with Gasteiger partial charge < -0.3 is 4.90 Å². The van der Waals surface area contributed by atoms with Crippen LogP contribution in [0.1, 0.15) is 12.0 Å². The summed E-state index contributed by atoms with van der Waals surface area (Å²) in [5, 5.41) is 0.635. The molecule has 0 saturated carbocycles. The maximum Gasteiger partial charge on any atom is 0.308 e. The number of nitrogens with zero attached hydrogens (tertiary/aromatic N) is 2. The number of fused-ring (bicyclic) bond motifs is 1. The number of thiazole rings is 1. The molecule has 0 saturated heterocycles. The number of anilines is 1. The lowest BCUT2D eigenvalue weighted by Crippen LogP contribution is -2.28. The molecular formula is C24H24ClN3O3S2. The van der Waals surface area contributed by atoms with E-state index in [9.17, 15) is 13.2 Å². The Balaban J connectivity index is 1.43. The van der Waals surface area contributed by atoms with E-state index >= 15 is 0 Å². The lowest BCUT2D eigenvalue weighted by Gasteiger charge is -2.19. The van der Waals surface area contributed by atoms with Crippen molar-refractivity contribution in [1.82, 2.24) is 9.29 Å². The first-order valence-electron chi connectivity index (χ1n) is 10.5. The SMILES string of the molecule is CN(CCCNS(=O)(=O)c1ccc2c(c1)sc(=O)n2Cc1ccc(Cl)cc1)c1ccccc1. The third-order valence-corrected chi connectivity index (χ3v) is 8.02. The standard InChI is InChI=1S/C24H24ClN3O3S2/c1-27(20-6-3-2-4-7-20)15-5-14-26-33(30,31)21-12-13-22-23(16-21)32-24(29)28(22)17-18-8-10-19(25)11-9-18/h2-4,6-13,16,26H,5,14-15,17H2,1H3. The minimum absolute atomic E-state index is 0.133. The molecule has 6 nitrogen and oxygen atoms in total. The van der Waals surface area contributed by atoms with E-state index in [0.29, 0.717) is 34.7 Å². The molecule has 33 heavy (non-hydrogen) atoms. The third-order valence-electron chi connectivity index (χ3n) is 5.36. The molecule has 172 valence electrons. The van der Waals surface area contributed by atoms with Crippen molar-refractivity contribution in [3.63, 3.8) is 0 Å². The van der Waals surface area contributed by atoms with Gasteiger partial charge in [0, 0.05) is 30.8 Å². The van der Waals surface area contributed by atoms with Crippen LogP contribution in [0.4, 0.5) is 5.69 Å². The zero-order valence-electron chi connectivity index (χ0n) is 18.1. The molecule has 3 aromatic carbocycles. The second-order valence-electron chi connectivity index (χ2n) is 7.72. The molecule has 4 rings (SSSR count). The molecule has 0 amide bonds. The summed E-state index contributed by atoms with van der Waals surface area (Å²) in [5.41, 5.74) is 2.74. The summed E-state index contributed by atoms with van der Waals surface area (Å²) >= 11 is 6.98. The van der Waals surface area contributed by atoms with E-state index in [2.05, 4.69) is 9.62 Å². The van der Waals surface area contributed by atoms with Gasteiger partial charge in [-0.15, -0.1) is 0 Å². The predicted molar refractivity (Wildman–Crippen MR) is 136 cm³/mol. The van der Waals surface area contributed by atoms with Crippen LogP contribution in [0.15, 0.2) is 82.5 Å². The molecule has 0 aliphatic carbocycles. The van der Waals surface area contributed by atoms with Crippen LogP contribution in [0.2, 0.25) is 5.02 Å². The highest BCUT2D eigenvalue weighted by molar-refractivity contribution is 7.89. The van der Waals surface area contributed by atoms with Gasteiger partial charge in [0.2, 0.25) is 10.0 Å². The van der Waals surface area contributed by atoms with E-state index in [1.165, 1.54) is 0 Å². The largest absolute Gasteiger partial charge is 0.375 e. The highest BCUT2D eigenvalue weighted by Gasteiger charge is 2.17. The van der Waals surface area contributed by atoms with Crippen molar-refractivity contribution in [3.05, 3.63) is 93.0 Å². The Morgan fingerprint density at radius 2 is 1.76 bits per heavy atom. The Bertz CT molecular complexity index is 1400. The van der Waals surface area contributed by atoms with Crippen LogP contribution < -0.4 is 14.5 Å². The fraction of sp³-hybridized carbons (Fsp3) is 0.208. The average molecular weight is 502 g/mol. The van der Waals surface area contributed by atoms with Crippen LogP contribution in [0.5, 0.6) is 0 Å². The Morgan fingerprint density at radius 3 is 2.48 bits per heavy atom. The quantitative estimate of drug-likeness (QED) is 0.341. The van der Waals surface area contributed by atoms with Crippen LogP contribution >= 0.6 is 22.9 Å². The summed E-state index contributed by atoms with van der Waals surface area (Å²) in [4.78, 5) is 14.7. The number of rotatable bonds is 9. The number of nitrogens with one attached hydrogen (secondary N) is 1. The van der Waals surface area contributed by atoms with Crippen molar-refractivity contribution in [2.75, 3.05) is 25.0 Å².